The number of pyridine rings is 1. The zero-order chi connectivity index (χ0) is 21.4. The molecule has 0 aliphatic heterocycles. The van der Waals surface area contributed by atoms with Crippen molar-refractivity contribution >= 4 is 10.9 Å². The van der Waals surface area contributed by atoms with Gasteiger partial charge < -0.3 is 4.98 Å². The largest absolute Gasteiger partial charge is 0.354 e. The van der Waals surface area contributed by atoms with Gasteiger partial charge in [0.2, 0.25) is 0 Å². The summed E-state index contributed by atoms with van der Waals surface area (Å²) < 4.78 is 0. The van der Waals surface area contributed by atoms with Gasteiger partial charge in [0.05, 0.1) is 5.69 Å². The Hall–Kier alpha value is -2.87. The average molecular weight is 397 g/mol. The van der Waals surface area contributed by atoms with Crippen LogP contribution in [0.4, 0.5) is 0 Å². The third kappa shape index (κ3) is 3.56. The zero-order valence-corrected chi connectivity index (χ0v) is 19.0. The number of nitrogens with zero attached hydrogens (tertiary/aromatic N) is 1. The third-order valence-corrected chi connectivity index (χ3v) is 5.97. The first kappa shape index (κ1) is 20.4. The molecule has 4 rings (SSSR count). The fourth-order valence-corrected chi connectivity index (χ4v) is 4.66. The molecule has 0 saturated heterocycles. The lowest BCUT2D eigenvalue weighted by Gasteiger charge is -2.19. The molecule has 0 unspecified atom stereocenters. The van der Waals surface area contributed by atoms with Crippen LogP contribution in [0.2, 0.25) is 0 Å². The lowest BCUT2D eigenvalue weighted by molar-refractivity contribution is 0.794. The van der Waals surface area contributed by atoms with E-state index in [-0.39, 0.29) is 0 Å². The Balaban J connectivity index is 1.99. The molecule has 2 heteroatoms. The monoisotopic (exact) mass is 396 g/mol. The first-order chi connectivity index (χ1) is 14.4. The van der Waals surface area contributed by atoms with Crippen molar-refractivity contribution in [2.75, 3.05) is 0 Å². The van der Waals surface area contributed by atoms with Crippen LogP contribution in [-0.4, -0.2) is 9.97 Å². The summed E-state index contributed by atoms with van der Waals surface area (Å²) in [7, 11) is 0. The summed E-state index contributed by atoms with van der Waals surface area (Å²) in [6, 6.07) is 19.4. The van der Waals surface area contributed by atoms with Crippen molar-refractivity contribution in [3.63, 3.8) is 0 Å². The van der Waals surface area contributed by atoms with Gasteiger partial charge in [-0.1, -0.05) is 71.9 Å². The van der Waals surface area contributed by atoms with Gasteiger partial charge in [0, 0.05) is 28.4 Å². The fourth-order valence-electron chi connectivity index (χ4n) is 4.66. The van der Waals surface area contributed by atoms with Gasteiger partial charge in [-0.05, 0) is 64.3 Å². The molecule has 0 saturated carbocycles. The topological polar surface area (TPSA) is 28.7 Å². The summed E-state index contributed by atoms with van der Waals surface area (Å²) in [5, 5.41) is 1.42. The smallest absolute Gasteiger partial charge is 0.0702 e. The Bertz CT molecular complexity index is 1160. The van der Waals surface area contributed by atoms with Crippen molar-refractivity contribution in [2.45, 2.75) is 59.3 Å². The second-order valence-corrected chi connectivity index (χ2v) is 9.16. The number of nitrogens with one attached hydrogen (secondary N) is 1. The lowest BCUT2D eigenvalue weighted by Crippen LogP contribution is -2.01. The van der Waals surface area contributed by atoms with E-state index in [9.17, 15) is 0 Å². The standard InChI is InChI=1S/C28H32N2/c1-17(2)22-13-14-24-27(25(22)18(3)4)26(19(5)6)28(30-24)21-11-9-10-20(16-21)23-12-7-8-15-29-23/h7-19,30H,1-6H3. The minimum absolute atomic E-state index is 0.423. The van der Waals surface area contributed by atoms with E-state index in [0.29, 0.717) is 17.8 Å². The van der Waals surface area contributed by atoms with Crippen LogP contribution >= 0.6 is 0 Å². The maximum Gasteiger partial charge on any atom is 0.0702 e. The Morgan fingerprint density at radius 3 is 2.07 bits per heavy atom. The summed E-state index contributed by atoms with van der Waals surface area (Å²) >= 11 is 0. The van der Waals surface area contributed by atoms with E-state index >= 15 is 0 Å². The van der Waals surface area contributed by atoms with Crippen molar-refractivity contribution in [3.8, 4) is 22.5 Å². The molecule has 0 fully saturated rings. The molecular formula is C28H32N2. The van der Waals surface area contributed by atoms with Crippen LogP contribution in [0, 0.1) is 0 Å². The van der Waals surface area contributed by atoms with Gasteiger partial charge in [0.25, 0.3) is 0 Å². The van der Waals surface area contributed by atoms with E-state index in [1.54, 1.807) is 0 Å². The molecule has 0 bridgehead atoms. The van der Waals surface area contributed by atoms with Crippen LogP contribution in [0.5, 0.6) is 0 Å². The fraction of sp³-hybridized carbons (Fsp3) is 0.321. The van der Waals surface area contributed by atoms with E-state index in [0.717, 1.165) is 11.3 Å². The van der Waals surface area contributed by atoms with Gasteiger partial charge >= 0.3 is 0 Å². The van der Waals surface area contributed by atoms with E-state index in [4.69, 9.17) is 0 Å². The van der Waals surface area contributed by atoms with Gasteiger partial charge in [-0.3, -0.25) is 4.98 Å². The highest BCUT2D eigenvalue weighted by atomic mass is 14.7. The number of aromatic amines is 1. The minimum atomic E-state index is 0.423. The maximum atomic E-state index is 4.54. The molecule has 0 amide bonds. The first-order valence-electron chi connectivity index (χ1n) is 11.1. The van der Waals surface area contributed by atoms with Gasteiger partial charge in [-0.15, -0.1) is 0 Å². The van der Waals surface area contributed by atoms with Crippen LogP contribution < -0.4 is 0 Å². The molecule has 30 heavy (non-hydrogen) atoms. The molecule has 2 nitrogen and oxygen atoms in total. The van der Waals surface area contributed by atoms with E-state index in [1.165, 1.54) is 38.9 Å². The van der Waals surface area contributed by atoms with Crippen LogP contribution in [0.25, 0.3) is 33.4 Å². The third-order valence-electron chi connectivity index (χ3n) is 5.97. The molecule has 0 aliphatic carbocycles. The lowest BCUT2D eigenvalue weighted by atomic mass is 9.84. The summed E-state index contributed by atoms with van der Waals surface area (Å²) in [5.41, 5.74) is 10.2. The molecule has 1 N–H and O–H groups in total. The highest BCUT2D eigenvalue weighted by Crippen LogP contribution is 2.42. The molecular weight excluding hydrogens is 364 g/mol. The molecule has 0 spiro atoms. The highest BCUT2D eigenvalue weighted by molar-refractivity contribution is 5.95. The Kier molecular flexibility index (Phi) is 5.51. The summed E-state index contributed by atoms with van der Waals surface area (Å²) in [5.74, 6) is 1.41. The normalized spacial score (nSPS) is 11.9. The van der Waals surface area contributed by atoms with Gasteiger partial charge in [0.15, 0.2) is 0 Å². The van der Waals surface area contributed by atoms with Gasteiger partial charge in [0.1, 0.15) is 0 Å². The molecule has 2 heterocycles. The molecule has 2 aromatic carbocycles. The predicted octanol–water partition coefficient (Wildman–Crippen LogP) is 8.27. The highest BCUT2D eigenvalue weighted by Gasteiger charge is 2.23. The van der Waals surface area contributed by atoms with Crippen molar-refractivity contribution in [2.24, 2.45) is 0 Å². The number of fused-ring (bicyclic) bond motifs is 1. The Morgan fingerprint density at radius 1 is 0.700 bits per heavy atom. The van der Waals surface area contributed by atoms with Gasteiger partial charge in [-0.25, -0.2) is 0 Å². The van der Waals surface area contributed by atoms with E-state index in [2.05, 4.69) is 94.0 Å². The second-order valence-electron chi connectivity index (χ2n) is 9.16. The summed E-state index contributed by atoms with van der Waals surface area (Å²) in [6.45, 7) is 13.8. The molecule has 0 aliphatic rings. The second kappa shape index (κ2) is 8.10. The quantitative estimate of drug-likeness (QED) is 0.361. The van der Waals surface area contributed by atoms with E-state index < -0.39 is 0 Å². The molecule has 0 radical (unpaired) electrons. The van der Waals surface area contributed by atoms with Crippen LogP contribution in [-0.2, 0) is 0 Å². The number of aromatic nitrogens is 2. The Morgan fingerprint density at radius 2 is 1.43 bits per heavy atom. The van der Waals surface area contributed by atoms with Crippen molar-refractivity contribution in [3.05, 3.63) is 77.5 Å². The maximum absolute atomic E-state index is 4.54. The predicted molar refractivity (Wildman–Crippen MR) is 129 cm³/mol. The summed E-state index contributed by atoms with van der Waals surface area (Å²) in [4.78, 5) is 8.32. The molecule has 2 aromatic heterocycles. The Labute approximate surface area is 180 Å². The zero-order valence-electron chi connectivity index (χ0n) is 19.0. The molecule has 0 atom stereocenters. The van der Waals surface area contributed by atoms with Crippen LogP contribution in [0.1, 0.15) is 76.0 Å². The minimum Gasteiger partial charge on any atom is -0.354 e. The van der Waals surface area contributed by atoms with Gasteiger partial charge in [-0.2, -0.15) is 0 Å². The SMILES string of the molecule is CC(C)c1ccc2[nH]c(-c3cccc(-c4ccccn4)c3)c(C(C)C)c2c1C(C)C. The number of rotatable bonds is 5. The van der Waals surface area contributed by atoms with Crippen molar-refractivity contribution in [1.82, 2.24) is 9.97 Å². The summed E-state index contributed by atoms with van der Waals surface area (Å²) in [6.07, 6.45) is 1.85. The van der Waals surface area contributed by atoms with Crippen LogP contribution in [0.3, 0.4) is 0 Å². The number of H-pyrrole nitrogens is 1. The number of benzene rings is 2. The van der Waals surface area contributed by atoms with E-state index in [1.807, 2.05) is 18.3 Å². The molecule has 4 aromatic rings. The van der Waals surface area contributed by atoms with Crippen molar-refractivity contribution < 1.29 is 0 Å². The number of hydrogen-bond donors (Lipinski definition) is 1. The van der Waals surface area contributed by atoms with Crippen LogP contribution in [0.15, 0.2) is 60.8 Å². The molecule has 154 valence electrons. The van der Waals surface area contributed by atoms with Crippen molar-refractivity contribution in [1.29, 1.82) is 0 Å². The average Bonchev–Trinajstić information content (AvgIpc) is 3.13. The number of hydrogen-bond acceptors (Lipinski definition) is 1. The first-order valence-corrected chi connectivity index (χ1v) is 11.1.